The Morgan fingerprint density at radius 2 is 1.88 bits per heavy atom. The van der Waals surface area contributed by atoms with Gasteiger partial charge in [-0.25, -0.2) is 0 Å². The van der Waals surface area contributed by atoms with Crippen LogP contribution in [0.4, 0.5) is 0 Å². The second kappa shape index (κ2) is 4.78. The summed E-state index contributed by atoms with van der Waals surface area (Å²) in [5.41, 5.74) is 1.46. The molecule has 0 amide bonds. The summed E-state index contributed by atoms with van der Waals surface area (Å²) in [6, 6.07) is 7.79. The largest absolute Gasteiger partial charge is 0.466 e. The molecule has 0 aliphatic carbocycles. The molecule has 2 aromatic rings. The van der Waals surface area contributed by atoms with Crippen LogP contribution in [-0.4, -0.2) is 22.3 Å². The van der Waals surface area contributed by atoms with Crippen LogP contribution in [0.5, 0.6) is 6.01 Å². The molecule has 0 N–H and O–H groups in total. The summed E-state index contributed by atoms with van der Waals surface area (Å²) in [4.78, 5) is 4.06. The highest BCUT2D eigenvalue weighted by atomic mass is 16.5. The maximum atomic E-state index is 5.63. The van der Waals surface area contributed by atoms with Crippen molar-refractivity contribution in [2.24, 2.45) is 0 Å². The fourth-order valence-corrected chi connectivity index (χ4v) is 1.45. The molecule has 0 bridgehead atoms. The number of para-hydroxylation sites is 1. The summed E-state index contributed by atoms with van der Waals surface area (Å²) < 4.78 is 10.6. The maximum Gasteiger partial charge on any atom is 0.338 e. The summed E-state index contributed by atoms with van der Waals surface area (Å²) in [5, 5.41) is 8.86. The molecule has 17 heavy (non-hydrogen) atoms. The Bertz CT molecular complexity index is 591. The first-order valence-corrected chi connectivity index (χ1v) is 5.19. The highest BCUT2D eigenvalue weighted by molar-refractivity contribution is 5.77. The second-order valence-electron chi connectivity index (χ2n) is 3.50. The molecule has 0 fully saturated rings. The Morgan fingerprint density at radius 3 is 2.65 bits per heavy atom. The number of benzene rings is 1. The van der Waals surface area contributed by atoms with Crippen LogP contribution in [0.3, 0.4) is 0 Å². The molecule has 0 atom stereocenters. The van der Waals surface area contributed by atoms with Gasteiger partial charge in [0.05, 0.1) is 12.8 Å². The molecule has 1 aromatic carbocycles. The lowest BCUT2D eigenvalue weighted by molar-refractivity contribution is 0.368. The number of hydrogen-bond donors (Lipinski definition) is 0. The average molecular weight is 231 g/mol. The van der Waals surface area contributed by atoms with Gasteiger partial charge in [0.2, 0.25) is 0 Å². The zero-order valence-electron chi connectivity index (χ0n) is 9.97. The first-order valence-electron chi connectivity index (χ1n) is 5.19. The van der Waals surface area contributed by atoms with Gasteiger partial charge in [-0.15, -0.1) is 0 Å². The first kappa shape index (κ1) is 11.3. The van der Waals surface area contributed by atoms with E-state index in [2.05, 4.69) is 15.2 Å². The van der Waals surface area contributed by atoms with Crippen molar-refractivity contribution in [3.05, 3.63) is 35.9 Å². The maximum absolute atomic E-state index is 5.63. The molecule has 0 saturated carbocycles. The molecule has 1 aromatic heterocycles. The van der Waals surface area contributed by atoms with Gasteiger partial charge in [-0.05, 0) is 19.1 Å². The van der Waals surface area contributed by atoms with Crippen LogP contribution in [0.25, 0.3) is 11.0 Å². The second-order valence-corrected chi connectivity index (χ2v) is 3.50. The van der Waals surface area contributed by atoms with Crippen LogP contribution >= 0.6 is 0 Å². The molecular weight excluding hydrogens is 218 g/mol. The van der Waals surface area contributed by atoms with E-state index in [4.69, 9.17) is 9.15 Å². The van der Waals surface area contributed by atoms with Gasteiger partial charge in [-0.1, -0.05) is 17.2 Å². The van der Waals surface area contributed by atoms with Crippen LogP contribution in [0.15, 0.2) is 28.7 Å². The Hall–Kier alpha value is -2.17. The van der Waals surface area contributed by atoms with Gasteiger partial charge >= 0.3 is 6.01 Å². The predicted molar refractivity (Wildman–Crippen MR) is 63.3 cm³/mol. The number of aryl methyl sites for hydroxylation is 2. The summed E-state index contributed by atoms with van der Waals surface area (Å²) in [7, 11) is 1.49. The Labute approximate surface area is 98.8 Å². The molecule has 88 valence electrons. The molecule has 0 radical (unpaired) electrons. The van der Waals surface area contributed by atoms with E-state index in [0.29, 0.717) is 11.5 Å². The van der Waals surface area contributed by atoms with E-state index in [0.717, 1.165) is 11.1 Å². The van der Waals surface area contributed by atoms with Crippen molar-refractivity contribution < 1.29 is 9.15 Å². The molecule has 5 nitrogen and oxygen atoms in total. The minimum absolute atomic E-state index is 0.176. The van der Waals surface area contributed by atoms with Gasteiger partial charge in [-0.2, -0.15) is 10.1 Å². The van der Waals surface area contributed by atoms with Crippen LogP contribution in [0.1, 0.15) is 11.6 Å². The Balaban J connectivity index is 2.88. The Morgan fingerprint density at radius 1 is 1.12 bits per heavy atom. The number of hydrogen-bond acceptors (Lipinski definition) is 5. The average Bonchev–Trinajstić information content (AvgIpc) is 2.39. The minimum Gasteiger partial charge on any atom is -0.466 e. The first-order chi connectivity index (χ1) is 8.20. The van der Waals surface area contributed by atoms with E-state index in [1.165, 1.54) is 7.11 Å². The zero-order valence-corrected chi connectivity index (χ0v) is 9.97. The molecule has 0 aliphatic rings. The lowest BCUT2D eigenvalue weighted by atomic mass is 10.2. The molecule has 0 aliphatic heterocycles. The molecular formula is C12H13N3O2. The summed E-state index contributed by atoms with van der Waals surface area (Å²) in [6.45, 7) is 3.60. The van der Waals surface area contributed by atoms with E-state index < -0.39 is 0 Å². The summed E-state index contributed by atoms with van der Waals surface area (Å²) in [5.74, 6) is 0.461. The van der Waals surface area contributed by atoms with E-state index in [1.54, 1.807) is 6.92 Å². The molecule has 0 saturated heterocycles. The van der Waals surface area contributed by atoms with E-state index >= 15 is 0 Å². The number of fused-ring (bicyclic) bond motifs is 1. The number of nitrogens with zero attached hydrogens (tertiary/aromatic N) is 3. The highest BCUT2D eigenvalue weighted by Crippen LogP contribution is 2.14. The summed E-state index contributed by atoms with van der Waals surface area (Å²) in [6.07, 6.45) is 0. The van der Waals surface area contributed by atoms with E-state index in [-0.39, 0.29) is 6.01 Å². The standard InChI is InChI=1S/C12H13N3O2/c1-8-10-6-4-5-7-11(10)17-9(2)13-12(16-3)15-14-8/h4-7H,1-3H3. The topological polar surface area (TPSA) is 61.0 Å². The number of aromatic nitrogens is 3. The van der Waals surface area contributed by atoms with Crippen molar-refractivity contribution >= 4 is 11.0 Å². The van der Waals surface area contributed by atoms with Crippen LogP contribution in [-0.2, 0) is 0 Å². The lowest BCUT2D eigenvalue weighted by Crippen LogP contribution is -1.91. The minimum atomic E-state index is 0.176. The lowest BCUT2D eigenvalue weighted by Gasteiger charge is -1.93. The van der Waals surface area contributed by atoms with Crippen molar-refractivity contribution in [1.82, 2.24) is 15.2 Å². The van der Waals surface area contributed by atoms with Crippen LogP contribution in [0.2, 0.25) is 0 Å². The molecule has 0 spiro atoms. The molecule has 5 heteroatoms. The van der Waals surface area contributed by atoms with Crippen molar-refractivity contribution in [1.29, 1.82) is 0 Å². The van der Waals surface area contributed by atoms with Gasteiger partial charge in [0.1, 0.15) is 5.58 Å². The fraction of sp³-hybridized carbons (Fsp3) is 0.250. The number of rotatable bonds is 1. The highest BCUT2D eigenvalue weighted by Gasteiger charge is 1.99. The number of ether oxygens (including phenoxy) is 1. The fourth-order valence-electron chi connectivity index (χ4n) is 1.45. The monoisotopic (exact) mass is 231 g/mol. The van der Waals surface area contributed by atoms with E-state index in [1.807, 2.05) is 31.2 Å². The third kappa shape index (κ3) is 2.50. The van der Waals surface area contributed by atoms with Crippen molar-refractivity contribution in [2.75, 3.05) is 7.11 Å². The predicted octanol–water partition coefficient (Wildman–Crippen LogP) is 2.37. The quantitative estimate of drug-likeness (QED) is 0.754. The van der Waals surface area contributed by atoms with Gasteiger partial charge in [0.25, 0.3) is 0 Å². The molecule has 2 rings (SSSR count). The van der Waals surface area contributed by atoms with Gasteiger partial charge in [-0.3, -0.25) is 0 Å². The van der Waals surface area contributed by atoms with Crippen LogP contribution in [0, 0.1) is 13.8 Å². The van der Waals surface area contributed by atoms with Gasteiger partial charge in [0.15, 0.2) is 5.89 Å². The SMILES string of the molecule is COc1nnc(C)c2ccccc2oc(C)n1. The number of methoxy groups -OCH3 is 1. The third-order valence-electron chi connectivity index (χ3n) is 2.26. The van der Waals surface area contributed by atoms with E-state index in [9.17, 15) is 0 Å². The molecule has 1 heterocycles. The van der Waals surface area contributed by atoms with Gasteiger partial charge < -0.3 is 9.15 Å². The zero-order chi connectivity index (χ0) is 12.3. The van der Waals surface area contributed by atoms with Gasteiger partial charge in [0, 0.05) is 12.3 Å². The normalized spacial score (nSPS) is 10.1. The third-order valence-corrected chi connectivity index (χ3v) is 2.26. The van der Waals surface area contributed by atoms with Crippen LogP contribution < -0.4 is 4.74 Å². The Kier molecular flexibility index (Phi) is 3.18. The van der Waals surface area contributed by atoms with Crippen molar-refractivity contribution in [2.45, 2.75) is 13.8 Å². The molecule has 0 unspecified atom stereocenters. The summed E-state index contributed by atoms with van der Waals surface area (Å²) >= 11 is 0. The van der Waals surface area contributed by atoms with Crippen molar-refractivity contribution in [3.63, 3.8) is 0 Å². The van der Waals surface area contributed by atoms with Crippen molar-refractivity contribution in [3.8, 4) is 6.01 Å². The smallest absolute Gasteiger partial charge is 0.338 e.